The SMILES string of the molecule is Cc1cc(NC(=O)CCCO)no1. The van der Waals surface area contributed by atoms with Crippen molar-refractivity contribution in [2.24, 2.45) is 0 Å². The standard InChI is InChI=1S/C8H12N2O3/c1-6-5-7(10-13-6)9-8(12)3-2-4-11/h5,11H,2-4H2,1H3,(H,9,10,12). The Morgan fingerprint density at radius 3 is 3.08 bits per heavy atom. The molecule has 1 rings (SSSR count). The summed E-state index contributed by atoms with van der Waals surface area (Å²) in [6.07, 6.45) is 0.755. The third-order valence-corrected chi connectivity index (χ3v) is 1.46. The van der Waals surface area contributed by atoms with E-state index in [2.05, 4.69) is 10.5 Å². The number of nitrogens with one attached hydrogen (secondary N) is 1. The Bertz CT molecular complexity index is 283. The second kappa shape index (κ2) is 4.61. The third-order valence-electron chi connectivity index (χ3n) is 1.46. The summed E-state index contributed by atoms with van der Waals surface area (Å²) in [6, 6.07) is 1.64. The minimum absolute atomic E-state index is 0.0191. The van der Waals surface area contributed by atoms with Gasteiger partial charge in [0.05, 0.1) is 0 Å². The number of aromatic nitrogens is 1. The van der Waals surface area contributed by atoms with Crippen LogP contribution in [0, 0.1) is 6.92 Å². The van der Waals surface area contributed by atoms with Gasteiger partial charge < -0.3 is 14.9 Å². The van der Waals surface area contributed by atoms with Crippen molar-refractivity contribution in [2.45, 2.75) is 19.8 Å². The minimum Gasteiger partial charge on any atom is -0.396 e. The molecule has 0 bridgehead atoms. The zero-order valence-electron chi connectivity index (χ0n) is 7.41. The molecule has 0 aliphatic carbocycles. The third kappa shape index (κ3) is 3.25. The number of rotatable bonds is 4. The van der Waals surface area contributed by atoms with E-state index in [-0.39, 0.29) is 12.5 Å². The van der Waals surface area contributed by atoms with Crippen molar-refractivity contribution in [1.29, 1.82) is 0 Å². The number of amides is 1. The van der Waals surface area contributed by atoms with E-state index >= 15 is 0 Å². The molecule has 0 saturated carbocycles. The van der Waals surface area contributed by atoms with Gasteiger partial charge in [0.15, 0.2) is 5.82 Å². The summed E-state index contributed by atoms with van der Waals surface area (Å²) in [5.74, 6) is 0.903. The maximum absolute atomic E-state index is 11.1. The summed E-state index contributed by atoms with van der Waals surface area (Å²) >= 11 is 0. The first-order valence-electron chi connectivity index (χ1n) is 4.06. The molecule has 1 aromatic rings. The molecule has 2 N–H and O–H groups in total. The van der Waals surface area contributed by atoms with Crippen LogP contribution in [0.25, 0.3) is 0 Å². The van der Waals surface area contributed by atoms with Crippen LogP contribution in [0.4, 0.5) is 5.82 Å². The van der Waals surface area contributed by atoms with Gasteiger partial charge in [-0.2, -0.15) is 0 Å². The van der Waals surface area contributed by atoms with E-state index in [9.17, 15) is 4.79 Å². The first-order chi connectivity index (χ1) is 6.22. The van der Waals surface area contributed by atoms with Crippen molar-refractivity contribution >= 4 is 11.7 Å². The highest BCUT2D eigenvalue weighted by atomic mass is 16.5. The van der Waals surface area contributed by atoms with E-state index in [1.54, 1.807) is 13.0 Å². The van der Waals surface area contributed by atoms with Crippen LogP contribution in [0.5, 0.6) is 0 Å². The summed E-state index contributed by atoms with van der Waals surface area (Å²) in [6.45, 7) is 1.77. The number of aliphatic hydroxyl groups is 1. The smallest absolute Gasteiger partial charge is 0.225 e. The molecule has 0 radical (unpaired) electrons. The van der Waals surface area contributed by atoms with Gasteiger partial charge in [-0.3, -0.25) is 4.79 Å². The first kappa shape index (κ1) is 9.73. The van der Waals surface area contributed by atoms with Crippen molar-refractivity contribution in [1.82, 2.24) is 5.16 Å². The maximum atomic E-state index is 11.1. The zero-order chi connectivity index (χ0) is 9.68. The number of aryl methyl sites for hydroxylation is 1. The fraction of sp³-hybridized carbons (Fsp3) is 0.500. The molecular weight excluding hydrogens is 172 g/mol. The highest BCUT2D eigenvalue weighted by Gasteiger charge is 2.04. The van der Waals surface area contributed by atoms with Gasteiger partial charge in [0.1, 0.15) is 5.76 Å². The van der Waals surface area contributed by atoms with Gasteiger partial charge in [0, 0.05) is 19.1 Å². The predicted octanol–water partition coefficient (Wildman–Crippen LogP) is 0.694. The van der Waals surface area contributed by atoms with E-state index in [1.165, 1.54) is 0 Å². The molecule has 0 aliphatic heterocycles. The van der Waals surface area contributed by atoms with Crippen molar-refractivity contribution < 1.29 is 14.4 Å². The minimum atomic E-state index is -0.164. The van der Waals surface area contributed by atoms with E-state index in [4.69, 9.17) is 9.63 Å². The Kier molecular flexibility index (Phi) is 3.45. The van der Waals surface area contributed by atoms with Gasteiger partial charge in [-0.15, -0.1) is 0 Å². The van der Waals surface area contributed by atoms with Crippen molar-refractivity contribution in [3.63, 3.8) is 0 Å². The Morgan fingerprint density at radius 1 is 1.77 bits per heavy atom. The zero-order valence-corrected chi connectivity index (χ0v) is 7.41. The van der Waals surface area contributed by atoms with E-state index in [1.807, 2.05) is 0 Å². The monoisotopic (exact) mass is 184 g/mol. The van der Waals surface area contributed by atoms with Crippen LogP contribution in [-0.4, -0.2) is 22.8 Å². The molecule has 1 amide bonds. The second-order valence-corrected chi connectivity index (χ2v) is 2.70. The predicted molar refractivity (Wildman–Crippen MR) is 46.2 cm³/mol. The molecule has 0 fully saturated rings. The topological polar surface area (TPSA) is 75.4 Å². The summed E-state index contributed by atoms with van der Waals surface area (Å²) in [5, 5.41) is 14.6. The molecule has 1 aromatic heterocycles. The lowest BCUT2D eigenvalue weighted by Gasteiger charge is -1.98. The van der Waals surface area contributed by atoms with Gasteiger partial charge in [-0.1, -0.05) is 5.16 Å². The van der Waals surface area contributed by atoms with Crippen LogP contribution in [-0.2, 0) is 4.79 Å². The molecule has 5 nitrogen and oxygen atoms in total. The summed E-state index contributed by atoms with van der Waals surface area (Å²) in [7, 11) is 0. The fourth-order valence-corrected chi connectivity index (χ4v) is 0.870. The summed E-state index contributed by atoms with van der Waals surface area (Å²) in [5.41, 5.74) is 0. The molecule has 1 heterocycles. The molecule has 5 heteroatoms. The van der Waals surface area contributed by atoms with E-state index in [0.717, 1.165) is 0 Å². The van der Waals surface area contributed by atoms with Gasteiger partial charge in [-0.25, -0.2) is 0 Å². The lowest BCUT2D eigenvalue weighted by Crippen LogP contribution is -2.11. The maximum Gasteiger partial charge on any atom is 0.225 e. The van der Waals surface area contributed by atoms with Crippen LogP contribution in [0.3, 0.4) is 0 Å². The van der Waals surface area contributed by atoms with Gasteiger partial charge >= 0.3 is 0 Å². The van der Waals surface area contributed by atoms with Crippen LogP contribution in [0.15, 0.2) is 10.6 Å². The molecule has 0 spiro atoms. The van der Waals surface area contributed by atoms with Crippen LogP contribution in [0.1, 0.15) is 18.6 Å². The number of aliphatic hydroxyl groups excluding tert-OH is 1. The molecule has 0 unspecified atom stereocenters. The molecule has 0 saturated heterocycles. The number of carbonyl (C=O) groups excluding carboxylic acids is 1. The Morgan fingerprint density at radius 2 is 2.54 bits per heavy atom. The van der Waals surface area contributed by atoms with Gasteiger partial charge in [-0.05, 0) is 13.3 Å². The largest absolute Gasteiger partial charge is 0.396 e. The van der Waals surface area contributed by atoms with Crippen molar-refractivity contribution in [2.75, 3.05) is 11.9 Å². The average Bonchev–Trinajstić information content (AvgIpc) is 2.48. The Hall–Kier alpha value is -1.36. The van der Waals surface area contributed by atoms with E-state index in [0.29, 0.717) is 24.4 Å². The van der Waals surface area contributed by atoms with Crippen LogP contribution < -0.4 is 5.32 Å². The number of nitrogens with zero attached hydrogens (tertiary/aromatic N) is 1. The Labute approximate surface area is 75.7 Å². The van der Waals surface area contributed by atoms with Gasteiger partial charge in [0.25, 0.3) is 0 Å². The molecule has 13 heavy (non-hydrogen) atoms. The quantitative estimate of drug-likeness (QED) is 0.722. The first-order valence-corrected chi connectivity index (χ1v) is 4.06. The number of carbonyl (C=O) groups is 1. The van der Waals surface area contributed by atoms with Crippen LogP contribution in [0.2, 0.25) is 0 Å². The lowest BCUT2D eigenvalue weighted by atomic mass is 10.3. The molecule has 0 atom stereocenters. The molecule has 0 aliphatic rings. The van der Waals surface area contributed by atoms with Crippen molar-refractivity contribution in [3.8, 4) is 0 Å². The van der Waals surface area contributed by atoms with Crippen molar-refractivity contribution in [3.05, 3.63) is 11.8 Å². The highest BCUT2D eigenvalue weighted by Crippen LogP contribution is 2.07. The second-order valence-electron chi connectivity index (χ2n) is 2.70. The highest BCUT2D eigenvalue weighted by molar-refractivity contribution is 5.89. The van der Waals surface area contributed by atoms with E-state index < -0.39 is 0 Å². The normalized spacial score (nSPS) is 10.0. The Balaban J connectivity index is 2.36. The number of hydrogen-bond acceptors (Lipinski definition) is 4. The lowest BCUT2D eigenvalue weighted by molar-refractivity contribution is -0.116. The summed E-state index contributed by atoms with van der Waals surface area (Å²) in [4.78, 5) is 11.1. The molecule has 72 valence electrons. The van der Waals surface area contributed by atoms with Gasteiger partial charge in [0.2, 0.25) is 5.91 Å². The molecule has 0 aromatic carbocycles. The summed E-state index contributed by atoms with van der Waals surface area (Å²) < 4.78 is 4.76. The number of anilines is 1. The molecular formula is C8H12N2O3. The fourth-order valence-electron chi connectivity index (χ4n) is 0.870. The average molecular weight is 184 g/mol. The van der Waals surface area contributed by atoms with Crippen LogP contribution >= 0.6 is 0 Å². The number of hydrogen-bond donors (Lipinski definition) is 2.